The van der Waals surface area contributed by atoms with Crippen LogP contribution < -0.4 is 4.72 Å². The van der Waals surface area contributed by atoms with Crippen molar-refractivity contribution in [3.05, 3.63) is 71.3 Å². The number of hydrogen-bond donors (Lipinski definition) is 1. The average molecular weight is 385 g/mol. The van der Waals surface area contributed by atoms with Gasteiger partial charge in [-0.1, -0.05) is 24.3 Å². The van der Waals surface area contributed by atoms with Crippen LogP contribution in [0.2, 0.25) is 0 Å². The van der Waals surface area contributed by atoms with Crippen molar-refractivity contribution in [2.75, 3.05) is 4.72 Å². The Labute approximate surface area is 153 Å². The van der Waals surface area contributed by atoms with Crippen molar-refractivity contribution < 1.29 is 12.8 Å². The van der Waals surface area contributed by atoms with E-state index in [2.05, 4.69) is 20.0 Å². The molecule has 3 aromatic heterocycles. The predicted octanol–water partition coefficient (Wildman–Crippen LogP) is 4.29. The molecule has 0 amide bonds. The number of benzene rings is 1. The summed E-state index contributed by atoms with van der Waals surface area (Å²) in [6.45, 7) is 0.230. The number of nitrogens with zero attached hydrogens (tertiary/aromatic N) is 3. The predicted molar refractivity (Wildman–Crippen MR) is 100 cm³/mol. The fraction of sp³-hybridized carbons (Fsp3) is 0.0588. The van der Waals surface area contributed by atoms with Crippen molar-refractivity contribution in [3.63, 3.8) is 0 Å². The van der Waals surface area contributed by atoms with Crippen molar-refractivity contribution in [2.24, 2.45) is 0 Å². The maximum Gasteiger partial charge on any atom is 0.272 e. The molecule has 0 unspecified atom stereocenters. The zero-order valence-corrected chi connectivity index (χ0v) is 15.0. The molecule has 0 aliphatic carbocycles. The first-order chi connectivity index (χ1) is 12.6. The minimum Gasteiger partial charge on any atom is -0.469 e. The summed E-state index contributed by atoms with van der Waals surface area (Å²) in [7, 11) is -3.75. The summed E-state index contributed by atoms with van der Waals surface area (Å²) in [6, 6.07) is 14.0. The van der Waals surface area contributed by atoms with E-state index in [9.17, 15) is 8.42 Å². The number of hydrogen-bond acceptors (Lipinski definition) is 6. The third-order valence-corrected chi connectivity index (χ3v) is 6.24. The lowest BCUT2D eigenvalue weighted by Gasteiger charge is -2.20. The first-order valence-corrected chi connectivity index (χ1v) is 10.0. The molecule has 0 aliphatic rings. The number of para-hydroxylation sites is 2. The van der Waals surface area contributed by atoms with E-state index in [1.807, 2.05) is 12.1 Å². The van der Waals surface area contributed by atoms with Gasteiger partial charge in [0, 0.05) is 6.54 Å². The van der Waals surface area contributed by atoms with E-state index < -0.39 is 10.0 Å². The Morgan fingerprint density at radius 3 is 2.54 bits per heavy atom. The number of sulfonamides is 1. The smallest absolute Gasteiger partial charge is 0.272 e. The van der Waals surface area contributed by atoms with Gasteiger partial charge in [-0.15, -0.1) is 11.3 Å². The number of fused-ring (bicyclic) bond motifs is 1. The van der Waals surface area contributed by atoms with Crippen LogP contribution in [0.3, 0.4) is 0 Å². The summed E-state index contributed by atoms with van der Waals surface area (Å²) in [5.41, 5.74) is 1.21. The highest BCUT2D eigenvalue weighted by atomic mass is 32.2. The van der Waals surface area contributed by atoms with Gasteiger partial charge in [-0.3, -0.25) is 4.72 Å². The van der Waals surface area contributed by atoms with Crippen LogP contribution in [-0.4, -0.2) is 18.4 Å². The number of thiophene rings is 1. The highest BCUT2D eigenvalue weighted by Gasteiger charge is 2.17. The quantitative estimate of drug-likeness (QED) is 0.534. The number of furan rings is 1. The van der Waals surface area contributed by atoms with Gasteiger partial charge >= 0.3 is 0 Å². The minimum atomic E-state index is -3.75. The van der Waals surface area contributed by atoms with E-state index >= 15 is 0 Å². The minimum absolute atomic E-state index is 0.0867. The molecule has 4 aromatic rings. The second-order valence-electron chi connectivity index (χ2n) is 5.32. The van der Waals surface area contributed by atoms with E-state index in [0.717, 1.165) is 11.3 Å². The molecule has 1 N–H and O–H groups in total. The molecule has 26 heavy (non-hydrogen) atoms. The zero-order valence-electron chi connectivity index (χ0n) is 13.4. The standard InChI is InChI=1S/C17H13N4O3S2/c22-26(23,15-8-4-10-25-15)21-17-16(18-11-12-5-3-9-24-12)19-13-6-1-2-7-14(13)20-17/h1-10H,11H2,(H-,18,19,20,21)/q-1. The van der Waals surface area contributed by atoms with Gasteiger partial charge in [0.1, 0.15) is 15.8 Å². The largest absolute Gasteiger partial charge is 0.469 e. The van der Waals surface area contributed by atoms with Crippen molar-refractivity contribution in [3.8, 4) is 0 Å². The molecule has 0 radical (unpaired) electrons. The maximum atomic E-state index is 12.6. The van der Waals surface area contributed by atoms with Gasteiger partial charge in [0.15, 0.2) is 0 Å². The Morgan fingerprint density at radius 1 is 1.04 bits per heavy atom. The van der Waals surface area contributed by atoms with Crippen molar-refractivity contribution in [2.45, 2.75) is 10.8 Å². The van der Waals surface area contributed by atoms with Gasteiger partial charge in [-0.2, -0.15) is 0 Å². The van der Waals surface area contributed by atoms with E-state index in [1.165, 1.54) is 6.07 Å². The van der Waals surface area contributed by atoms with Gasteiger partial charge < -0.3 is 14.7 Å². The molecule has 0 aliphatic heterocycles. The Morgan fingerprint density at radius 2 is 1.85 bits per heavy atom. The van der Waals surface area contributed by atoms with Crippen LogP contribution in [0.5, 0.6) is 0 Å². The second kappa shape index (κ2) is 6.77. The van der Waals surface area contributed by atoms with Gasteiger partial charge in [0.2, 0.25) is 0 Å². The summed E-state index contributed by atoms with van der Waals surface area (Å²) < 4.78 is 33.1. The molecular weight excluding hydrogens is 372 g/mol. The molecule has 9 heteroatoms. The molecule has 0 bridgehead atoms. The number of aromatic nitrogens is 2. The lowest BCUT2D eigenvalue weighted by Crippen LogP contribution is -2.13. The number of rotatable bonds is 6. The van der Waals surface area contributed by atoms with E-state index in [0.29, 0.717) is 16.8 Å². The van der Waals surface area contributed by atoms with Crippen LogP contribution in [0.25, 0.3) is 16.4 Å². The van der Waals surface area contributed by atoms with Crippen LogP contribution in [-0.2, 0) is 16.6 Å². The van der Waals surface area contributed by atoms with Crippen LogP contribution >= 0.6 is 11.3 Å². The van der Waals surface area contributed by atoms with Crippen molar-refractivity contribution >= 4 is 44.0 Å². The third kappa shape index (κ3) is 3.39. The van der Waals surface area contributed by atoms with Gasteiger partial charge in [0.25, 0.3) is 10.0 Å². The molecule has 0 saturated carbocycles. The topological polar surface area (TPSA) is 99.2 Å². The molecule has 0 spiro atoms. The van der Waals surface area contributed by atoms with Crippen LogP contribution in [0.4, 0.5) is 11.6 Å². The molecule has 0 atom stereocenters. The number of nitrogens with one attached hydrogen (secondary N) is 1. The molecule has 4 rings (SSSR count). The first-order valence-electron chi connectivity index (χ1n) is 7.65. The van der Waals surface area contributed by atoms with Crippen LogP contribution in [0.1, 0.15) is 5.76 Å². The SMILES string of the molecule is O=S(=O)(Nc1nc2ccccc2nc1[N-]Cc1ccco1)c1cccs1. The van der Waals surface area contributed by atoms with Gasteiger partial charge in [-0.05, 0) is 41.0 Å². The normalized spacial score (nSPS) is 11.5. The highest BCUT2D eigenvalue weighted by molar-refractivity contribution is 7.94. The average Bonchev–Trinajstić information content (AvgIpc) is 3.33. The molecule has 0 saturated heterocycles. The Hall–Kier alpha value is -2.91. The fourth-order valence-electron chi connectivity index (χ4n) is 2.32. The summed E-state index contributed by atoms with van der Waals surface area (Å²) in [5, 5.41) is 6.07. The van der Waals surface area contributed by atoms with Crippen LogP contribution in [0, 0.1) is 0 Å². The monoisotopic (exact) mass is 385 g/mol. The van der Waals surface area contributed by atoms with Gasteiger partial charge in [0.05, 0.1) is 11.8 Å². The van der Waals surface area contributed by atoms with Crippen molar-refractivity contribution in [1.29, 1.82) is 0 Å². The van der Waals surface area contributed by atoms with E-state index in [-0.39, 0.29) is 22.4 Å². The second-order valence-corrected chi connectivity index (χ2v) is 8.17. The van der Waals surface area contributed by atoms with Gasteiger partial charge in [-0.25, -0.2) is 13.4 Å². The number of anilines is 1. The molecule has 132 valence electrons. The third-order valence-electron chi connectivity index (χ3n) is 3.51. The Kier molecular flexibility index (Phi) is 4.31. The summed E-state index contributed by atoms with van der Waals surface area (Å²) >= 11 is 1.13. The van der Waals surface area contributed by atoms with E-state index in [1.54, 1.807) is 42.0 Å². The van der Waals surface area contributed by atoms with Crippen LogP contribution in [0.15, 0.2) is 68.8 Å². The molecule has 0 fully saturated rings. The first kappa shape index (κ1) is 16.6. The molecule has 7 nitrogen and oxygen atoms in total. The molecular formula is C17H13N4O3S2-. The lowest BCUT2D eigenvalue weighted by atomic mass is 10.3. The fourth-order valence-corrected chi connectivity index (χ4v) is 4.32. The molecule has 3 heterocycles. The van der Waals surface area contributed by atoms with Crippen molar-refractivity contribution in [1.82, 2.24) is 9.97 Å². The zero-order chi connectivity index (χ0) is 18.0. The summed E-state index contributed by atoms with van der Waals surface area (Å²) in [4.78, 5) is 8.84. The maximum absolute atomic E-state index is 12.6. The Bertz CT molecular complexity index is 1120. The summed E-state index contributed by atoms with van der Waals surface area (Å²) in [6.07, 6.45) is 1.55. The van der Waals surface area contributed by atoms with E-state index in [4.69, 9.17) is 4.42 Å². The lowest BCUT2D eigenvalue weighted by molar-refractivity contribution is 0.521. The Balaban J connectivity index is 1.72. The highest BCUT2D eigenvalue weighted by Crippen LogP contribution is 2.31. The summed E-state index contributed by atoms with van der Waals surface area (Å²) in [5.74, 6) is 0.941. The molecule has 1 aromatic carbocycles.